The molecule has 0 aromatic carbocycles. The topological polar surface area (TPSA) is 32.3 Å². The van der Waals surface area contributed by atoms with Crippen molar-refractivity contribution in [3.05, 3.63) is 0 Å². The van der Waals surface area contributed by atoms with Gasteiger partial charge in [-0.3, -0.25) is 4.79 Å². The van der Waals surface area contributed by atoms with E-state index < -0.39 is 0 Å². The van der Waals surface area contributed by atoms with Crippen molar-refractivity contribution >= 4 is 5.91 Å². The molecule has 0 aromatic rings. The molecule has 3 nitrogen and oxygen atoms in total. The lowest BCUT2D eigenvalue weighted by molar-refractivity contribution is -0.136. The number of nitrogens with one attached hydrogen (secondary N) is 1. The fourth-order valence-electron chi connectivity index (χ4n) is 4.46. The van der Waals surface area contributed by atoms with Gasteiger partial charge < -0.3 is 10.2 Å². The highest BCUT2D eigenvalue weighted by atomic mass is 16.2. The minimum atomic E-state index is 0.354. The molecule has 1 aliphatic heterocycles. The van der Waals surface area contributed by atoms with Gasteiger partial charge in [0.1, 0.15) is 0 Å². The SMILES string of the molecule is CC(C)CCN(C(=O)C1CC12CCNCC2)C1CCCC1. The van der Waals surface area contributed by atoms with E-state index in [0.717, 1.165) is 26.1 Å². The molecule has 1 saturated heterocycles. The molecule has 1 N–H and O–H groups in total. The molecule has 1 unspecified atom stereocenters. The van der Waals surface area contributed by atoms with Crippen LogP contribution in [0.4, 0.5) is 0 Å². The molecule has 1 spiro atoms. The molecule has 2 aliphatic carbocycles. The largest absolute Gasteiger partial charge is 0.339 e. The van der Waals surface area contributed by atoms with E-state index in [9.17, 15) is 4.79 Å². The number of amides is 1. The van der Waals surface area contributed by atoms with E-state index in [1.165, 1.54) is 44.9 Å². The first-order chi connectivity index (χ1) is 10.1. The summed E-state index contributed by atoms with van der Waals surface area (Å²) in [4.78, 5) is 15.4. The van der Waals surface area contributed by atoms with Gasteiger partial charge in [0.2, 0.25) is 5.91 Å². The van der Waals surface area contributed by atoms with E-state index in [1.807, 2.05) is 0 Å². The number of hydrogen-bond acceptors (Lipinski definition) is 2. The van der Waals surface area contributed by atoms with Crippen molar-refractivity contribution < 1.29 is 4.79 Å². The summed E-state index contributed by atoms with van der Waals surface area (Å²) in [6.07, 6.45) is 9.86. The Hall–Kier alpha value is -0.570. The Balaban J connectivity index is 1.63. The normalized spacial score (nSPS) is 28.2. The number of carbonyl (C=O) groups is 1. The van der Waals surface area contributed by atoms with Gasteiger partial charge in [-0.25, -0.2) is 0 Å². The van der Waals surface area contributed by atoms with Crippen LogP contribution in [0.3, 0.4) is 0 Å². The summed E-state index contributed by atoms with van der Waals surface area (Å²) in [5.74, 6) is 1.55. The van der Waals surface area contributed by atoms with Gasteiger partial charge in [0.25, 0.3) is 0 Å². The van der Waals surface area contributed by atoms with Gasteiger partial charge in [-0.15, -0.1) is 0 Å². The van der Waals surface area contributed by atoms with Crippen LogP contribution in [0.2, 0.25) is 0 Å². The molecule has 1 heterocycles. The highest BCUT2D eigenvalue weighted by Gasteiger charge is 2.58. The molecule has 1 amide bonds. The molecular weight excluding hydrogens is 260 g/mol. The molecule has 3 heteroatoms. The molecule has 0 bridgehead atoms. The van der Waals surface area contributed by atoms with E-state index in [0.29, 0.717) is 29.2 Å². The third kappa shape index (κ3) is 3.28. The summed E-state index contributed by atoms with van der Waals surface area (Å²) < 4.78 is 0. The molecular formula is C18H32N2O. The molecule has 3 aliphatic rings. The van der Waals surface area contributed by atoms with Crippen molar-refractivity contribution in [3.8, 4) is 0 Å². The minimum absolute atomic E-state index is 0.354. The second kappa shape index (κ2) is 6.28. The molecule has 3 rings (SSSR count). The average molecular weight is 292 g/mol. The first-order valence-electron chi connectivity index (χ1n) is 9.13. The number of hydrogen-bond donors (Lipinski definition) is 1. The fraction of sp³-hybridized carbons (Fsp3) is 0.944. The van der Waals surface area contributed by atoms with E-state index in [-0.39, 0.29) is 0 Å². The van der Waals surface area contributed by atoms with Gasteiger partial charge in [0, 0.05) is 18.5 Å². The maximum atomic E-state index is 13.1. The molecule has 0 aromatic heterocycles. The molecule has 21 heavy (non-hydrogen) atoms. The van der Waals surface area contributed by atoms with Crippen molar-refractivity contribution in [1.82, 2.24) is 10.2 Å². The first-order valence-corrected chi connectivity index (χ1v) is 9.13. The van der Waals surface area contributed by atoms with Gasteiger partial charge in [-0.05, 0) is 62.9 Å². The summed E-state index contributed by atoms with van der Waals surface area (Å²) in [6, 6.07) is 0.551. The van der Waals surface area contributed by atoms with E-state index >= 15 is 0 Å². The Bertz CT molecular complexity index is 367. The molecule has 1 atom stereocenters. The first kappa shape index (κ1) is 15.3. The second-order valence-corrected chi connectivity index (χ2v) is 8.02. The van der Waals surface area contributed by atoms with Crippen molar-refractivity contribution in [2.75, 3.05) is 19.6 Å². The Kier molecular flexibility index (Phi) is 4.58. The lowest BCUT2D eigenvalue weighted by Crippen LogP contribution is -2.42. The Morgan fingerprint density at radius 2 is 1.90 bits per heavy atom. The minimum Gasteiger partial charge on any atom is -0.339 e. The molecule has 2 saturated carbocycles. The number of carbonyl (C=O) groups excluding carboxylic acids is 1. The fourth-order valence-corrected chi connectivity index (χ4v) is 4.46. The summed E-state index contributed by atoms with van der Waals surface area (Å²) in [6.45, 7) is 7.75. The monoisotopic (exact) mass is 292 g/mol. The highest BCUT2D eigenvalue weighted by molar-refractivity contribution is 5.83. The Morgan fingerprint density at radius 3 is 2.52 bits per heavy atom. The number of rotatable bonds is 5. The van der Waals surface area contributed by atoms with Crippen LogP contribution in [0.25, 0.3) is 0 Å². The van der Waals surface area contributed by atoms with Crippen LogP contribution in [0.1, 0.15) is 65.2 Å². The number of piperidine rings is 1. The van der Waals surface area contributed by atoms with Crippen molar-refractivity contribution in [2.24, 2.45) is 17.3 Å². The predicted molar refractivity (Wildman–Crippen MR) is 86.1 cm³/mol. The Labute approximate surface area is 129 Å². The van der Waals surface area contributed by atoms with Crippen LogP contribution in [0.5, 0.6) is 0 Å². The highest BCUT2D eigenvalue weighted by Crippen LogP contribution is 2.59. The number of nitrogens with zero attached hydrogens (tertiary/aromatic N) is 1. The maximum Gasteiger partial charge on any atom is 0.226 e. The summed E-state index contributed by atoms with van der Waals surface area (Å²) >= 11 is 0. The summed E-state index contributed by atoms with van der Waals surface area (Å²) in [7, 11) is 0. The lowest BCUT2D eigenvalue weighted by atomic mass is 9.91. The standard InChI is InChI=1S/C18H32N2O/c1-14(2)7-12-20(15-5-3-4-6-15)17(21)16-13-18(16)8-10-19-11-9-18/h14-16,19H,3-13H2,1-2H3. The third-order valence-corrected chi connectivity index (χ3v) is 6.08. The van der Waals surface area contributed by atoms with Crippen LogP contribution in [0, 0.1) is 17.3 Å². The van der Waals surface area contributed by atoms with Gasteiger partial charge in [0.05, 0.1) is 0 Å². The van der Waals surface area contributed by atoms with Crippen LogP contribution >= 0.6 is 0 Å². The van der Waals surface area contributed by atoms with Gasteiger partial charge >= 0.3 is 0 Å². The summed E-state index contributed by atoms with van der Waals surface area (Å²) in [5, 5.41) is 3.44. The lowest BCUT2D eigenvalue weighted by Gasteiger charge is -2.32. The zero-order valence-electron chi connectivity index (χ0n) is 13.9. The van der Waals surface area contributed by atoms with E-state index in [1.54, 1.807) is 0 Å². The average Bonchev–Trinajstić information content (AvgIpc) is 2.90. The van der Waals surface area contributed by atoms with Crippen LogP contribution in [-0.4, -0.2) is 36.5 Å². The second-order valence-electron chi connectivity index (χ2n) is 8.02. The van der Waals surface area contributed by atoms with Crippen LogP contribution in [-0.2, 0) is 4.79 Å². The van der Waals surface area contributed by atoms with Gasteiger partial charge in [-0.2, -0.15) is 0 Å². The zero-order chi connectivity index (χ0) is 14.9. The quantitative estimate of drug-likeness (QED) is 0.844. The van der Waals surface area contributed by atoms with Crippen molar-refractivity contribution in [1.29, 1.82) is 0 Å². The van der Waals surface area contributed by atoms with Gasteiger partial charge in [0.15, 0.2) is 0 Å². The predicted octanol–water partition coefficient (Wildman–Crippen LogP) is 3.19. The third-order valence-electron chi connectivity index (χ3n) is 6.08. The molecule has 120 valence electrons. The summed E-state index contributed by atoms with van der Waals surface area (Å²) in [5.41, 5.74) is 0.386. The Morgan fingerprint density at radius 1 is 1.24 bits per heavy atom. The van der Waals surface area contributed by atoms with Crippen molar-refractivity contribution in [3.63, 3.8) is 0 Å². The van der Waals surface area contributed by atoms with E-state index in [4.69, 9.17) is 0 Å². The maximum absolute atomic E-state index is 13.1. The van der Waals surface area contributed by atoms with Crippen LogP contribution in [0.15, 0.2) is 0 Å². The smallest absolute Gasteiger partial charge is 0.226 e. The molecule has 3 fully saturated rings. The van der Waals surface area contributed by atoms with E-state index in [2.05, 4.69) is 24.1 Å². The van der Waals surface area contributed by atoms with Crippen molar-refractivity contribution in [2.45, 2.75) is 71.3 Å². The zero-order valence-corrected chi connectivity index (χ0v) is 13.9. The van der Waals surface area contributed by atoms with Gasteiger partial charge in [-0.1, -0.05) is 26.7 Å². The van der Waals surface area contributed by atoms with Crippen LogP contribution < -0.4 is 5.32 Å². The molecule has 0 radical (unpaired) electrons.